The van der Waals surface area contributed by atoms with E-state index in [2.05, 4.69) is 58.6 Å². The Hall–Kier alpha value is -3.24. The van der Waals surface area contributed by atoms with Crippen molar-refractivity contribution in [3.8, 4) is 0 Å². The molecule has 0 saturated heterocycles. The molecular formula is C24H23N3O. The number of aromatic nitrogens is 2. The third-order valence-corrected chi connectivity index (χ3v) is 5.00. The molecule has 2 N–H and O–H groups in total. The summed E-state index contributed by atoms with van der Waals surface area (Å²) in [6.07, 6.45) is 0. The fourth-order valence-corrected chi connectivity index (χ4v) is 3.43. The summed E-state index contributed by atoms with van der Waals surface area (Å²) in [5.41, 5.74) is 4.17. The molecule has 0 aliphatic carbocycles. The predicted molar refractivity (Wildman–Crippen MR) is 113 cm³/mol. The summed E-state index contributed by atoms with van der Waals surface area (Å²) in [5.74, 6) is 0.636. The lowest BCUT2D eigenvalue weighted by Crippen LogP contribution is -2.28. The molecule has 0 spiro atoms. The number of para-hydroxylation sites is 1. The van der Waals surface area contributed by atoms with Crippen molar-refractivity contribution in [3.05, 3.63) is 112 Å². The minimum absolute atomic E-state index is 0.00595. The first-order valence-corrected chi connectivity index (χ1v) is 9.48. The van der Waals surface area contributed by atoms with E-state index in [9.17, 15) is 4.79 Å². The first-order valence-electron chi connectivity index (χ1n) is 9.48. The Kier molecular flexibility index (Phi) is 5.04. The second-order valence-corrected chi connectivity index (χ2v) is 7.11. The molecular weight excluding hydrogens is 346 g/mol. The van der Waals surface area contributed by atoms with Crippen LogP contribution in [0.3, 0.4) is 0 Å². The zero-order valence-electron chi connectivity index (χ0n) is 16.0. The Morgan fingerprint density at radius 3 is 2.25 bits per heavy atom. The highest BCUT2D eigenvalue weighted by Crippen LogP contribution is 2.25. The Labute approximate surface area is 164 Å². The minimum atomic E-state index is -0.135. The summed E-state index contributed by atoms with van der Waals surface area (Å²) >= 11 is 0. The van der Waals surface area contributed by atoms with E-state index in [1.165, 1.54) is 16.7 Å². The molecule has 0 aliphatic rings. The van der Waals surface area contributed by atoms with Gasteiger partial charge >= 0.3 is 0 Å². The summed E-state index contributed by atoms with van der Waals surface area (Å²) in [6, 6.07) is 26.1. The van der Waals surface area contributed by atoms with Crippen LogP contribution in [0.15, 0.2) is 83.7 Å². The first-order chi connectivity index (χ1) is 13.6. The molecule has 4 nitrogen and oxygen atoms in total. The normalized spacial score (nSPS) is 13.4. The Morgan fingerprint density at radius 2 is 1.50 bits per heavy atom. The highest BCUT2D eigenvalue weighted by molar-refractivity contribution is 5.77. The van der Waals surface area contributed by atoms with Gasteiger partial charge in [0.15, 0.2) is 0 Å². The second-order valence-electron chi connectivity index (χ2n) is 7.11. The molecule has 3 aromatic carbocycles. The quantitative estimate of drug-likeness (QED) is 0.537. The molecule has 4 aromatic rings. The zero-order chi connectivity index (χ0) is 19.5. The Balaban J connectivity index is 1.70. The van der Waals surface area contributed by atoms with Gasteiger partial charge < -0.3 is 4.98 Å². The lowest BCUT2D eigenvalue weighted by Gasteiger charge is -2.24. The van der Waals surface area contributed by atoms with Gasteiger partial charge in [-0.05, 0) is 37.1 Å². The fraction of sp³-hybridized carbons (Fsp3) is 0.167. The van der Waals surface area contributed by atoms with Crippen molar-refractivity contribution < 1.29 is 0 Å². The average Bonchev–Trinajstić information content (AvgIpc) is 2.73. The molecule has 1 heterocycles. The van der Waals surface area contributed by atoms with Crippen molar-refractivity contribution in [1.82, 2.24) is 15.3 Å². The molecule has 0 saturated carbocycles. The number of H-pyrrole nitrogens is 1. The van der Waals surface area contributed by atoms with E-state index >= 15 is 0 Å². The van der Waals surface area contributed by atoms with Crippen LogP contribution in [0, 0.1) is 6.92 Å². The van der Waals surface area contributed by atoms with Gasteiger partial charge in [-0.2, -0.15) is 0 Å². The Bertz CT molecular complexity index is 1130. The van der Waals surface area contributed by atoms with E-state index in [1.807, 2.05) is 43.3 Å². The van der Waals surface area contributed by atoms with Gasteiger partial charge in [0, 0.05) is 0 Å². The van der Waals surface area contributed by atoms with Crippen LogP contribution in [0.1, 0.15) is 41.5 Å². The Morgan fingerprint density at radius 1 is 0.857 bits per heavy atom. The molecule has 0 aliphatic heterocycles. The highest BCUT2D eigenvalue weighted by Gasteiger charge is 2.19. The number of aryl methyl sites for hydroxylation is 1. The van der Waals surface area contributed by atoms with E-state index in [4.69, 9.17) is 0 Å². The second kappa shape index (κ2) is 7.79. The van der Waals surface area contributed by atoms with Crippen LogP contribution < -0.4 is 10.9 Å². The largest absolute Gasteiger partial charge is 0.309 e. The maximum atomic E-state index is 12.4. The van der Waals surface area contributed by atoms with E-state index < -0.39 is 0 Å². The van der Waals surface area contributed by atoms with Crippen LogP contribution in [-0.2, 0) is 0 Å². The number of hydrogen-bond acceptors (Lipinski definition) is 3. The van der Waals surface area contributed by atoms with Crippen LogP contribution >= 0.6 is 0 Å². The van der Waals surface area contributed by atoms with E-state index in [1.54, 1.807) is 6.07 Å². The van der Waals surface area contributed by atoms with E-state index in [0.29, 0.717) is 16.7 Å². The molecule has 0 unspecified atom stereocenters. The number of nitrogens with zero attached hydrogens (tertiary/aromatic N) is 1. The van der Waals surface area contributed by atoms with Crippen molar-refractivity contribution in [1.29, 1.82) is 0 Å². The number of rotatable bonds is 5. The van der Waals surface area contributed by atoms with Crippen LogP contribution in [0.5, 0.6) is 0 Å². The van der Waals surface area contributed by atoms with Crippen molar-refractivity contribution in [2.45, 2.75) is 25.9 Å². The maximum Gasteiger partial charge on any atom is 0.258 e. The lowest BCUT2D eigenvalue weighted by atomic mass is 9.97. The van der Waals surface area contributed by atoms with Crippen LogP contribution in [0.4, 0.5) is 0 Å². The summed E-state index contributed by atoms with van der Waals surface area (Å²) in [4.78, 5) is 20.1. The molecule has 0 radical (unpaired) electrons. The molecule has 2 atom stereocenters. The van der Waals surface area contributed by atoms with Gasteiger partial charge in [0.2, 0.25) is 0 Å². The fourth-order valence-electron chi connectivity index (χ4n) is 3.43. The molecule has 4 rings (SSSR count). The van der Waals surface area contributed by atoms with E-state index in [0.717, 1.165) is 0 Å². The average molecular weight is 369 g/mol. The lowest BCUT2D eigenvalue weighted by molar-refractivity contribution is 0.496. The van der Waals surface area contributed by atoms with Gasteiger partial charge in [-0.1, -0.05) is 72.3 Å². The minimum Gasteiger partial charge on any atom is -0.309 e. The zero-order valence-corrected chi connectivity index (χ0v) is 16.0. The summed E-state index contributed by atoms with van der Waals surface area (Å²) in [7, 11) is 0. The van der Waals surface area contributed by atoms with Gasteiger partial charge in [0.05, 0.1) is 23.0 Å². The first kappa shape index (κ1) is 18.1. The summed E-state index contributed by atoms with van der Waals surface area (Å²) in [5, 5.41) is 4.25. The van der Waals surface area contributed by atoms with Gasteiger partial charge in [0.25, 0.3) is 5.56 Å². The predicted octanol–water partition coefficient (Wildman–Crippen LogP) is 4.67. The van der Waals surface area contributed by atoms with E-state index in [-0.39, 0.29) is 17.6 Å². The number of fused-ring (bicyclic) bond motifs is 1. The smallest absolute Gasteiger partial charge is 0.258 e. The number of nitrogens with one attached hydrogen (secondary N) is 2. The van der Waals surface area contributed by atoms with Gasteiger partial charge in [-0.25, -0.2) is 4.98 Å². The number of hydrogen-bond donors (Lipinski definition) is 2. The highest BCUT2D eigenvalue weighted by atomic mass is 16.1. The van der Waals surface area contributed by atoms with Gasteiger partial charge in [-0.3, -0.25) is 10.1 Å². The third-order valence-electron chi connectivity index (χ3n) is 5.00. The summed E-state index contributed by atoms with van der Waals surface area (Å²) < 4.78 is 0. The van der Waals surface area contributed by atoms with Crippen LogP contribution in [-0.4, -0.2) is 9.97 Å². The third kappa shape index (κ3) is 3.73. The SMILES string of the molecule is Cc1ccc([C@H](N[C@@H](C)c2nc3ccccc3c(=O)[nH]2)c2ccccc2)cc1. The number of aromatic amines is 1. The standard InChI is InChI=1S/C24H23N3O/c1-16-12-14-19(15-13-16)22(18-8-4-3-5-9-18)25-17(2)23-26-21-11-7-6-10-20(21)24(28)27-23/h3-15,17,22,25H,1-2H3,(H,26,27,28)/t17-,22+/m0/s1. The van der Waals surface area contributed by atoms with Crippen molar-refractivity contribution in [2.75, 3.05) is 0 Å². The summed E-state index contributed by atoms with van der Waals surface area (Å²) in [6.45, 7) is 4.11. The van der Waals surface area contributed by atoms with Crippen molar-refractivity contribution in [2.24, 2.45) is 0 Å². The van der Waals surface area contributed by atoms with Gasteiger partial charge in [-0.15, -0.1) is 0 Å². The van der Waals surface area contributed by atoms with Crippen LogP contribution in [0.2, 0.25) is 0 Å². The molecule has 1 aromatic heterocycles. The monoisotopic (exact) mass is 369 g/mol. The van der Waals surface area contributed by atoms with Crippen molar-refractivity contribution in [3.63, 3.8) is 0 Å². The molecule has 0 bridgehead atoms. The van der Waals surface area contributed by atoms with Crippen LogP contribution in [0.25, 0.3) is 10.9 Å². The van der Waals surface area contributed by atoms with Crippen molar-refractivity contribution >= 4 is 10.9 Å². The van der Waals surface area contributed by atoms with Gasteiger partial charge in [0.1, 0.15) is 5.82 Å². The molecule has 0 fully saturated rings. The molecule has 140 valence electrons. The molecule has 4 heteroatoms. The maximum absolute atomic E-state index is 12.4. The molecule has 28 heavy (non-hydrogen) atoms. The topological polar surface area (TPSA) is 57.8 Å². The number of benzene rings is 3. The molecule has 0 amide bonds.